The first-order chi connectivity index (χ1) is 8.33. The molecule has 0 unspecified atom stereocenters. The Balaban J connectivity index is 2.52. The van der Waals surface area contributed by atoms with Gasteiger partial charge >= 0.3 is 0 Å². The highest BCUT2D eigenvalue weighted by atomic mass is 14.1. The van der Waals surface area contributed by atoms with Gasteiger partial charge in [0.15, 0.2) is 0 Å². The molecule has 1 heteroatoms. The first-order valence-corrected chi connectivity index (χ1v) is 5.55. The second-order valence-corrected chi connectivity index (χ2v) is 3.80. The van der Waals surface area contributed by atoms with Crippen molar-refractivity contribution in [2.75, 3.05) is 0 Å². The molecule has 0 saturated heterocycles. The van der Waals surface area contributed by atoms with Crippen LogP contribution in [0.3, 0.4) is 0 Å². The first kappa shape index (κ1) is 11.5. The van der Waals surface area contributed by atoms with Crippen molar-refractivity contribution in [2.24, 2.45) is 0 Å². The standard InChI is InChI=1S/C16H13B/c1-13(11-12-17)15-9-5-6-10-16(15)14-7-3-2-4-8-14/h2-12H,1H2/b12-11+. The summed E-state index contributed by atoms with van der Waals surface area (Å²) in [5.41, 5.74) is 4.40. The van der Waals surface area contributed by atoms with Gasteiger partial charge in [-0.15, -0.1) is 5.98 Å². The number of allylic oxidation sites excluding steroid dienone is 2. The molecule has 0 nitrogen and oxygen atoms in total. The predicted octanol–water partition coefficient (Wildman–Crippen LogP) is 4.05. The Labute approximate surface area is 104 Å². The van der Waals surface area contributed by atoms with Crippen molar-refractivity contribution in [1.82, 2.24) is 0 Å². The predicted molar refractivity (Wildman–Crippen MR) is 75.8 cm³/mol. The smallest absolute Gasteiger partial charge is 0.102 e. The van der Waals surface area contributed by atoms with E-state index in [0.717, 1.165) is 11.1 Å². The van der Waals surface area contributed by atoms with Crippen molar-refractivity contribution in [2.45, 2.75) is 0 Å². The molecule has 80 valence electrons. The van der Waals surface area contributed by atoms with Gasteiger partial charge in [-0.2, -0.15) is 0 Å². The molecule has 0 atom stereocenters. The molecule has 0 aliphatic heterocycles. The van der Waals surface area contributed by atoms with Crippen LogP contribution in [0.1, 0.15) is 5.56 Å². The van der Waals surface area contributed by atoms with Crippen LogP contribution in [0.2, 0.25) is 0 Å². The lowest BCUT2D eigenvalue weighted by molar-refractivity contribution is 1.57. The summed E-state index contributed by atoms with van der Waals surface area (Å²) in [6, 6.07) is 18.5. The van der Waals surface area contributed by atoms with Crippen LogP contribution < -0.4 is 0 Å². The summed E-state index contributed by atoms with van der Waals surface area (Å²) < 4.78 is 0. The zero-order valence-electron chi connectivity index (χ0n) is 9.64. The van der Waals surface area contributed by atoms with Crippen molar-refractivity contribution < 1.29 is 0 Å². The average molecular weight is 216 g/mol. The third kappa shape index (κ3) is 2.56. The van der Waals surface area contributed by atoms with Crippen LogP contribution >= 0.6 is 0 Å². The first-order valence-electron chi connectivity index (χ1n) is 5.55. The minimum Gasteiger partial charge on any atom is -0.131 e. The van der Waals surface area contributed by atoms with Gasteiger partial charge in [0.2, 0.25) is 0 Å². The van der Waals surface area contributed by atoms with Crippen molar-refractivity contribution in [3.63, 3.8) is 0 Å². The molecule has 2 aromatic carbocycles. The highest BCUT2D eigenvalue weighted by Gasteiger charge is 2.04. The van der Waals surface area contributed by atoms with Crippen LogP contribution in [0, 0.1) is 0 Å². The maximum Gasteiger partial charge on any atom is 0.102 e. The summed E-state index contributed by atoms with van der Waals surface area (Å²) in [5, 5.41) is 0. The zero-order valence-corrected chi connectivity index (χ0v) is 9.64. The molecule has 2 rings (SSSR count). The fraction of sp³-hybridized carbons (Fsp3) is 0. The van der Waals surface area contributed by atoms with E-state index in [1.54, 1.807) is 0 Å². The van der Waals surface area contributed by atoms with Gasteiger partial charge in [0, 0.05) is 0 Å². The van der Waals surface area contributed by atoms with Gasteiger partial charge in [0.05, 0.1) is 0 Å². The molecule has 0 aromatic heterocycles. The Morgan fingerprint density at radius 3 is 2.29 bits per heavy atom. The Hall–Kier alpha value is -2.02. The molecular weight excluding hydrogens is 203 g/mol. The molecule has 0 aliphatic rings. The van der Waals surface area contributed by atoms with E-state index in [9.17, 15) is 0 Å². The SMILES string of the molecule is [B]/C=C/C(=C)c1ccccc1-c1ccccc1. The van der Waals surface area contributed by atoms with Crippen LogP contribution in [0.4, 0.5) is 0 Å². The third-order valence-electron chi connectivity index (χ3n) is 2.66. The maximum atomic E-state index is 5.41. The number of hydrogen-bond donors (Lipinski definition) is 0. The summed E-state index contributed by atoms with van der Waals surface area (Å²) in [7, 11) is 5.41. The van der Waals surface area contributed by atoms with E-state index in [2.05, 4.69) is 30.8 Å². The Morgan fingerprint density at radius 1 is 0.941 bits per heavy atom. The van der Waals surface area contributed by atoms with Crippen LogP contribution in [0.25, 0.3) is 16.7 Å². The van der Waals surface area contributed by atoms with Crippen LogP contribution in [-0.2, 0) is 0 Å². The van der Waals surface area contributed by atoms with E-state index in [-0.39, 0.29) is 0 Å². The number of hydrogen-bond acceptors (Lipinski definition) is 0. The summed E-state index contributed by atoms with van der Waals surface area (Å²) in [6.45, 7) is 4.03. The highest BCUT2D eigenvalue weighted by molar-refractivity contribution is 6.18. The lowest BCUT2D eigenvalue weighted by atomic mass is 9.94. The van der Waals surface area contributed by atoms with Gasteiger partial charge in [0.1, 0.15) is 7.85 Å². The van der Waals surface area contributed by atoms with Gasteiger partial charge < -0.3 is 0 Å². The topological polar surface area (TPSA) is 0 Å². The van der Waals surface area contributed by atoms with Gasteiger partial charge in [-0.3, -0.25) is 0 Å². The second-order valence-electron chi connectivity index (χ2n) is 3.80. The van der Waals surface area contributed by atoms with E-state index in [1.165, 1.54) is 17.1 Å². The van der Waals surface area contributed by atoms with Gasteiger partial charge in [0.25, 0.3) is 0 Å². The largest absolute Gasteiger partial charge is 0.131 e. The lowest BCUT2D eigenvalue weighted by Crippen LogP contribution is -1.86. The molecule has 0 saturated carbocycles. The Kier molecular flexibility index (Phi) is 3.61. The quantitative estimate of drug-likeness (QED) is 0.536. The van der Waals surface area contributed by atoms with Gasteiger partial charge in [-0.05, 0) is 22.3 Å². The van der Waals surface area contributed by atoms with E-state index in [4.69, 9.17) is 7.85 Å². The fourth-order valence-corrected chi connectivity index (χ4v) is 1.84. The Morgan fingerprint density at radius 2 is 1.59 bits per heavy atom. The lowest BCUT2D eigenvalue weighted by Gasteiger charge is -2.09. The fourth-order valence-electron chi connectivity index (χ4n) is 1.84. The van der Waals surface area contributed by atoms with Gasteiger partial charge in [-0.25, -0.2) is 0 Å². The maximum absolute atomic E-state index is 5.41. The molecular formula is C16H13B. The number of rotatable bonds is 3. The molecule has 0 fully saturated rings. The summed E-state index contributed by atoms with van der Waals surface area (Å²) in [5.74, 6) is 1.52. The normalized spacial score (nSPS) is 10.6. The van der Waals surface area contributed by atoms with Crippen LogP contribution in [0.5, 0.6) is 0 Å². The second kappa shape index (κ2) is 5.35. The highest BCUT2D eigenvalue weighted by Crippen LogP contribution is 2.28. The molecule has 17 heavy (non-hydrogen) atoms. The summed E-state index contributed by atoms with van der Waals surface area (Å²) >= 11 is 0. The third-order valence-corrected chi connectivity index (χ3v) is 2.66. The molecule has 0 aliphatic carbocycles. The number of benzene rings is 2. The summed E-state index contributed by atoms with van der Waals surface area (Å²) in [4.78, 5) is 0. The average Bonchev–Trinajstić information content (AvgIpc) is 2.40. The zero-order chi connectivity index (χ0) is 12.1. The monoisotopic (exact) mass is 216 g/mol. The molecule has 0 bridgehead atoms. The molecule has 0 N–H and O–H groups in total. The van der Waals surface area contributed by atoms with Crippen LogP contribution in [-0.4, -0.2) is 7.85 Å². The Bertz CT molecular complexity index is 538. The van der Waals surface area contributed by atoms with E-state index in [0.29, 0.717) is 0 Å². The van der Waals surface area contributed by atoms with Crippen molar-refractivity contribution in [3.8, 4) is 11.1 Å². The minimum atomic E-state index is 0.923. The molecule has 2 aromatic rings. The van der Waals surface area contributed by atoms with Crippen molar-refractivity contribution >= 4 is 13.4 Å². The van der Waals surface area contributed by atoms with Gasteiger partial charge in [-0.1, -0.05) is 67.3 Å². The van der Waals surface area contributed by atoms with E-state index >= 15 is 0 Å². The van der Waals surface area contributed by atoms with E-state index < -0.39 is 0 Å². The van der Waals surface area contributed by atoms with E-state index in [1.807, 2.05) is 36.4 Å². The molecule has 0 amide bonds. The van der Waals surface area contributed by atoms with Crippen molar-refractivity contribution in [1.29, 1.82) is 0 Å². The minimum absolute atomic E-state index is 0.923. The van der Waals surface area contributed by atoms with Crippen molar-refractivity contribution in [3.05, 3.63) is 78.8 Å². The molecule has 0 spiro atoms. The molecule has 0 heterocycles. The molecule has 2 radical (unpaired) electrons. The summed E-state index contributed by atoms with van der Waals surface area (Å²) in [6.07, 6.45) is 1.82. The van der Waals surface area contributed by atoms with Crippen LogP contribution in [0.15, 0.2) is 73.2 Å².